The predicted octanol–water partition coefficient (Wildman–Crippen LogP) is 5.18. The molecule has 0 aromatic carbocycles. The smallest absolute Gasteiger partial charge is 0.310 e. The monoisotopic (exact) mass is 488 g/mol. The molecule has 0 amide bonds. The van der Waals surface area contributed by atoms with Crippen molar-refractivity contribution in [3.63, 3.8) is 0 Å². The van der Waals surface area contributed by atoms with Gasteiger partial charge in [0.2, 0.25) is 0 Å². The van der Waals surface area contributed by atoms with Crippen LogP contribution in [0.25, 0.3) is 0 Å². The van der Waals surface area contributed by atoms with Crippen LogP contribution < -0.4 is 0 Å². The van der Waals surface area contributed by atoms with E-state index in [4.69, 9.17) is 0 Å². The number of carbonyl (C=O) groups is 1. The lowest BCUT2D eigenvalue weighted by Crippen LogP contribution is -2.68. The lowest BCUT2D eigenvalue weighted by Gasteiger charge is -2.71. The van der Waals surface area contributed by atoms with Crippen molar-refractivity contribution in [3.8, 4) is 0 Å². The normalized spacial score (nSPS) is 55.0. The Morgan fingerprint density at radius 3 is 2.23 bits per heavy atom. The average Bonchev–Trinajstić information content (AvgIpc) is 2.77. The first-order chi connectivity index (χ1) is 16.1. The summed E-state index contributed by atoms with van der Waals surface area (Å²) in [4.78, 5) is 12.8. The molecule has 0 saturated heterocycles. The largest absolute Gasteiger partial charge is 0.481 e. The molecule has 0 unspecified atom stereocenters. The summed E-state index contributed by atoms with van der Waals surface area (Å²) in [6.07, 6.45) is 8.40. The van der Waals surface area contributed by atoms with Crippen molar-refractivity contribution >= 4 is 5.97 Å². The first kappa shape index (κ1) is 25.7. The Labute approximate surface area is 211 Å². The molecule has 4 fully saturated rings. The molecule has 0 spiro atoms. The second-order valence-electron chi connectivity index (χ2n) is 15.1. The number of aliphatic carboxylic acids is 1. The number of aliphatic hydroxyl groups is 3. The number of carboxylic acids is 1. The van der Waals surface area contributed by atoms with Gasteiger partial charge in [0.25, 0.3) is 0 Å². The van der Waals surface area contributed by atoms with Gasteiger partial charge in [-0.1, -0.05) is 53.2 Å². The van der Waals surface area contributed by atoms with E-state index in [0.29, 0.717) is 12.3 Å². The van der Waals surface area contributed by atoms with E-state index in [1.54, 1.807) is 0 Å². The molecule has 5 rings (SSSR count). The van der Waals surface area contributed by atoms with Gasteiger partial charge in [-0.25, -0.2) is 0 Å². The van der Waals surface area contributed by atoms with E-state index in [2.05, 4.69) is 40.7 Å². The van der Waals surface area contributed by atoms with E-state index < -0.39 is 29.0 Å². The number of rotatable bonds is 2. The minimum Gasteiger partial charge on any atom is -0.481 e. The Bertz CT molecular complexity index is 941. The molecule has 5 aliphatic rings. The number of hydrogen-bond acceptors (Lipinski definition) is 4. The van der Waals surface area contributed by atoms with E-state index >= 15 is 0 Å². The third kappa shape index (κ3) is 3.07. The predicted molar refractivity (Wildman–Crippen MR) is 135 cm³/mol. The molecule has 35 heavy (non-hydrogen) atoms. The van der Waals surface area contributed by atoms with Gasteiger partial charge in [0.15, 0.2) is 0 Å². The van der Waals surface area contributed by atoms with Crippen molar-refractivity contribution in [2.24, 2.45) is 50.2 Å². The van der Waals surface area contributed by atoms with Crippen LogP contribution >= 0.6 is 0 Å². The van der Waals surface area contributed by atoms with Gasteiger partial charge >= 0.3 is 5.97 Å². The Balaban J connectivity index is 1.61. The molecule has 0 bridgehead atoms. The highest BCUT2D eigenvalue weighted by molar-refractivity contribution is 5.76. The van der Waals surface area contributed by atoms with Gasteiger partial charge in [0.05, 0.1) is 24.2 Å². The molecule has 0 aromatic heterocycles. The van der Waals surface area contributed by atoms with E-state index in [1.165, 1.54) is 5.57 Å². The van der Waals surface area contributed by atoms with Crippen molar-refractivity contribution < 1.29 is 25.2 Å². The second-order valence-corrected chi connectivity index (χ2v) is 15.1. The zero-order chi connectivity index (χ0) is 25.8. The highest BCUT2D eigenvalue weighted by Gasteiger charge is 2.70. The molecule has 5 heteroatoms. The fourth-order valence-corrected chi connectivity index (χ4v) is 10.8. The standard InChI is InChI=1S/C30H48O5/c1-25(2)11-13-30(24(34)35)14-12-28(5)18(19(30)15-25)7-8-22-26(3)16-20(32)23(33)27(4,17-31)21(26)9-10-29(22,28)6/h7,19-23,31-33H,8-17H2,1-6H3,(H,34,35)/t19-,20-,21+,22+,23+,26+,27+,28-,29-,30+/m1/s1. The summed E-state index contributed by atoms with van der Waals surface area (Å²) >= 11 is 0. The van der Waals surface area contributed by atoms with Gasteiger partial charge in [-0.3, -0.25) is 4.79 Å². The molecule has 5 nitrogen and oxygen atoms in total. The molecule has 0 heterocycles. The van der Waals surface area contributed by atoms with Gasteiger partial charge < -0.3 is 20.4 Å². The van der Waals surface area contributed by atoms with Crippen molar-refractivity contribution in [2.45, 2.75) is 112 Å². The van der Waals surface area contributed by atoms with E-state index in [1.807, 2.05) is 6.92 Å². The number of hydrogen-bond donors (Lipinski definition) is 4. The summed E-state index contributed by atoms with van der Waals surface area (Å²) < 4.78 is 0. The summed E-state index contributed by atoms with van der Waals surface area (Å²) in [7, 11) is 0. The molecule has 0 aliphatic heterocycles. The van der Waals surface area contributed by atoms with Crippen molar-refractivity contribution in [1.82, 2.24) is 0 Å². The Kier molecular flexibility index (Phi) is 5.56. The van der Waals surface area contributed by atoms with Crippen LogP contribution in [0.3, 0.4) is 0 Å². The third-order valence-corrected chi connectivity index (χ3v) is 13.2. The number of aliphatic hydroxyl groups excluding tert-OH is 3. The highest BCUT2D eigenvalue weighted by atomic mass is 16.4. The summed E-state index contributed by atoms with van der Waals surface area (Å²) in [5.41, 5.74) is -0.0632. The van der Waals surface area contributed by atoms with Gasteiger partial charge in [-0.05, 0) is 97.2 Å². The van der Waals surface area contributed by atoms with E-state index in [-0.39, 0.29) is 40.1 Å². The zero-order valence-corrected chi connectivity index (χ0v) is 22.7. The maximum atomic E-state index is 12.8. The summed E-state index contributed by atoms with van der Waals surface area (Å²) in [6, 6.07) is 0. The first-order valence-corrected chi connectivity index (χ1v) is 14.0. The summed E-state index contributed by atoms with van der Waals surface area (Å²) in [5.74, 6) is -0.0472. The minimum atomic E-state index is -0.907. The first-order valence-electron chi connectivity index (χ1n) is 14.0. The zero-order valence-electron chi connectivity index (χ0n) is 22.7. The van der Waals surface area contributed by atoms with Crippen LogP contribution in [0.1, 0.15) is 99.3 Å². The second kappa shape index (κ2) is 7.57. The fraction of sp³-hybridized carbons (Fsp3) is 0.900. The third-order valence-electron chi connectivity index (χ3n) is 13.2. The SMILES string of the molecule is CC1(C)CC[C@]2(C(=O)O)CC[C@]3(C)C(=CC[C@H]4[C@@]5(C)C[C@@H](O)[C@H](O)[C@@](C)(CO)[C@H]5CC[C@]43C)[C@H]2C1. The topological polar surface area (TPSA) is 98.0 Å². The van der Waals surface area contributed by atoms with Crippen LogP contribution in [0.2, 0.25) is 0 Å². The van der Waals surface area contributed by atoms with Crippen molar-refractivity contribution in [3.05, 3.63) is 11.6 Å². The van der Waals surface area contributed by atoms with Gasteiger partial charge in [0, 0.05) is 5.41 Å². The number of carboxylic acid groups (broad SMARTS) is 1. The number of allylic oxidation sites excluding steroid dienone is 2. The van der Waals surface area contributed by atoms with Gasteiger partial charge in [-0.2, -0.15) is 0 Å². The van der Waals surface area contributed by atoms with Crippen LogP contribution in [0, 0.1) is 50.2 Å². The van der Waals surface area contributed by atoms with E-state index in [9.17, 15) is 25.2 Å². The number of fused-ring (bicyclic) bond motifs is 7. The van der Waals surface area contributed by atoms with Crippen LogP contribution in [0.4, 0.5) is 0 Å². The maximum Gasteiger partial charge on any atom is 0.310 e. The molecule has 0 radical (unpaired) electrons. The molecular weight excluding hydrogens is 440 g/mol. The molecule has 198 valence electrons. The van der Waals surface area contributed by atoms with E-state index in [0.717, 1.165) is 51.4 Å². The Morgan fingerprint density at radius 2 is 1.60 bits per heavy atom. The quantitative estimate of drug-likeness (QED) is 0.402. The van der Waals surface area contributed by atoms with Crippen LogP contribution in [0.15, 0.2) is 11.6 Å². The molecule has 4 saturated carbocycles. The molecule has 10 atom stereocenters. The van der Waals surface area contributed by atoms with Crippen molar-refractivity contribution in [1.29, 1.82) is 0 Å². The minimum absolute atomic E-state index is 0.00698. The van der Waals surface area contributed by atoms with Crippen LogP contribution in [-0.2, 0) is 4.79 Å². The van der Waals surface area contributed by atoms with Gasteiger partial charge in [-0.15, -0.1) is 0 Å². The van der Waals surface area contributed by atoms with Crippen molar-refractivity contribution in [2.75, 3.05) is 6.61 Å². The fourth-order valence-electron chi connectivity index (χ4n) is 10.8. The lowest BCUT2D eigenvalue weighted by molar-refractivity contribution is -0.243. The molecular formula is C30H48O5. The highest BCUT2D eigenvalue weighted by Crippen LogP contribution is 2.75. The summed E-state index contributed by atoms with van der Waals surface area (Å²) in [6.45, 7) is 13.6. The summed E-state index contributed by atoms with van der Waals surface area (Å²) in [5, 5.41) is 42.8. The van der Waals surface area contributed by atoms with Gasteiger partial charge in [0.1, 0.15) is 0 Å². The average molecular weight is 489 g/mol. The Hall–Kier alpha value is -0.910. The molecule has 0 aromatic rings. The van der Waals surface area contributed by atoms with Crippen LogP contribution in [0.5, 0.6) is 0 Å². The molecule has 5 aliphatic carbocycles. The maximum absolute atomic E-state index is 12.8. The Morgan fingerprint density at radius 1 is 0.943 bits per heavy atom. The lowest BCUT2D eigenvalue weighted by atomic mass is 9.33. The van der Waals surface area contributed by atoms with Crippen LogP contribution in [-0.4, -0.2) is 45.2 Å². The molecule has 4 N–H and O–H groups in total.